The van der Waals surface area contributed by atoms with E-state index in [0.29, 0.717) is 23.5 Å². The molecule has 1 N–H and O–H groups in total. The number of benzene rings is 1. The monoisotopic (exact) mass is 366 g/mol. The number of anilines is 1. The summed E-state index contributed by atoms with van der Waals surface area (Å²) in [6, 6.07) is 9.77. The molecule has 3 aromatic heterocycles. The lowest BCUT2D eigenvalue weighted by molar-refractivity contribution is 0.101. The molecule has 4 aromatic rings. The van der Waals surface area contributed by atoms with Crippen molar-refractivity contribution in [3.63, 3.8) is 0 Å². The number of nitrogens with one attached hydrogen (secondary N) is 1. The van der Waals surface area contributed by atoms with Gasteiger partial charge in [0.2, 0.25) is 0 Å². The number of nitrogens with zero attached hydrogens (tertiary/aromatic N) is 3. The van der Waals surface area contributed by atoms with Crippen molar-refractivity contribution in [2.75, 3.05) is 5.32 Å². The summed E-state index contributed by atoms with van der Waals surface area (Å²) in [7, 11) is 1.84. The number of fused-ring (bicyclic) bond motifs is 1. The number of hydrogen-bond donors (Lipinski definition) is 1. The first-order chi connectivity index (χ1) is 12.9. The number of aryl methyl sites for hydroxylation is 2. The molecule has 0 unspecified atom stereocenters. The number of amides is 1. The largest absolute Gasteiger partial charge is 0.463 e. The van der Waals surface area contributed by atoms with Gasteiger partial charge in [-0.05, 0) is 31.5 Å². The molecule has 0 spiro atoms. The van der Waals surface area contributed by atoms with Gasteiger partial charge >= 0.3 is 0 Å². The van der Waals surface area contributed by atoms with Gasteiger partial charge in [-0.2, -0.15) is 5.10 Å². The molecule has 6 nitrogen and oxygen atoms in total. The fourth-order valence-electron chi connectivity index (χ4n) is 3.24. The van der Waals surface area contributed by atoms with Gasteiger partial charge in [-0.1, -0.05) is 12.1 Å². The maximum atomic E-state index is 13.2. The van der Waals surface area contributed by atoms with Crippen molar-refractivity contribution in [2.45, 2.75) is 20.4 Å². The first-order valence-electron chi connectivity index (χ1n) is 8.57. The standard InChI is InChI=1S/C20H19FN4O2/c1-12-19(13(2)24(3)23-12)22-20(26)17-10-18-16(8-9-27-18)25(17)11-14-4-6-15(21)7-5-14/h4-10H,11H2,1-3H3,(H,22,26). The summed E-state index contributed by atoms with van der Waals surface area (Å²) >= 11 is 0. The Kier molecular flexibility index (Phi) is 4.07. The van der Waals surface area contributed by atoms with Crippen LogP contribution in [0.25, 0.3) is 11.1 Å². The van der Waals surface area contributed by atoms with E-state index in [1.165, 1.54) is 12.1 Å². The number of halogens is 1. The summed E-state index contributed by atoms with van der Waals surface area (Å²) in [4.78, 5) is 13.0. The van der Waals surface area contributed by atoms with Gasteiger partial charge in [-0.25, -0.2) is 4.39 Å². The summed E-state index contributed by atoms with van der Waals surface area (Å²) in [6.45, 7) is 4.18. The summed E-state index contributed by atoms with van der Waals surface area (Å²) in [6.07, 6.45) is 1.59. The third kappa shape index (κ3) is 3.01. The molecule has 0 bridgehead atoms. The molecule has 138 valence electrons. The number of carbonyl (C=O) groups is 1. The van der Waals surface area contributed by atoms with E-state index in [2.05, 4.69) is 10.4 Å². The lowest BCUT2D eigenvalue weighted by Crippen LogP contribution is -2.18. The van der Waals surface area contributed by atoms with Crippen LogP contribution in [-0.4, -0.2) is 20.3 Å². The molecule has 3 heterocycles. The van der Waals surface area contributed by atoms with Gasteiger partial charge in [0.1, 0.15) is 11.5 Å². The van der Waals surface area contributed by atoms with Crippen LogP contribution in [0.5, 0.6) is 0 Å². The molecule has 4 rings (SSSR count). The molecule has 7 heteroatoms. The van der Waals surface area contributed by atoms with E-state index in [4.69, 9.17) is 4.42 Å². The van der Waals surface area contributed by atoms with E-state index >= 15 is 0 Å². The van der Waals surface area contributed by atoms with E-state index in [1.54, 1.807) is 29.1 Å². The van der Waals surface area contributed by atoms with Crippen LogP contribution in [0.1, 0.15) is 27.4 Å². The summed E-state index contributed by atoms with van der Waals surface area (Å²) in [5.41, 5.74) is 5.12. The highest BCUT2D eigenvalue weighted by Crippen LogP contribution is 2.25. The minimum atomic E-state index is -0.291. The van der Waals surface area contributed by atoms with E-state index < -0.39 is 0 Å². The second-order valence-electron chi connectivity index (χ2n) is 6.54. The predicted molar refractivity (Wildman–Crippen MR) is 100 cm³/mol. The molecular weight excluding hydrogens is 347 g/mol. The van der Waals surface area contributed by atoms with Gasteiger partial charge in [0.05, 0.1) is 28.9 Å². The van der Waals surface area contributed by atoms with Crippen LogP contribution < -0.4 is 5.32 Å². The average Bonchev–Trinajstić information content (AvgIpc) is 3.28. The maximum absolute atomic E-state index is 13.2. The Labute approximate surface area is 155 Å². The fraction of sp³-hybridized carbons (Fsp3) is 0.200. The number of carbonyl (C=O) groups excluding carboxylic acids is 1. The molecule has 1 amide bonds. The van der Waals surface area contributed by atoms with Gasteiger partial charge in [0.15, 0.2) is 5.58 Å². The van der Waals surface area contributed by atoms with Crippen LogP contribution >= 0.6 is 0 Å². The van der Waals surface area contributed by atoms with E-state index in [0.717, 1.165) is 22.5 Å². The Bertz CT molecular complexity index is 1140. The minimum absolute atomic E-state index is 0.247. The highest BCUT2D eigenvalue weighted by Gasteiger charge is 2.20. The van der Waals surface area contributed by atoms with Crippen LogP contribution in [0.4, 0.5) is 10.1 Å². The SMILES string of the molecule is Cc1nn(C)c(C)c1NC(=O)c1cc2occc2n1Cc1ccc(F)cc1. The van der Waals surface area contributed by atoms with Crippen LogP contribution in [0.15, 0.2) is 47.1 Å². The maximum Gasteiger partial charge on any atom is 0.272 e. The van der Waals surface area contributed by atoms with Crippen LogP contribution in [0.2, 0.25) is 0 Å². The molecule has 0 fully saturated rings. The van der Waals surface area contributed by atoms with Crippen molar-refractivity contribution < 1.29 is 13.6 Å². The number of rotatable bonds is 4. The number of furan rings is 1. The highest BCUT2D eigenvalue weighted by atomic mass is 19.1. The summed E-state index contributed by atoms with van der Waals surface area (Å²) in [5, 5.41) is 7.29. The fourth-order valence-corrected chi connectivity index (χ4v) is 3.24. The second kappa shape index (κ2) is 6.42. The third-order valence-electron chi connectivity index (χ3n) is 4.76. The zero-order chi connectivity index (χ0) is 19.1. The molecule has 0 saturated carbocycles. The first-order valence-corrected chi connectivity index (χ1v) is 8.57. The number of aromatic nitrogens is 3. The molecule has 0 atom stereocenters. The van der Waals surface area contributed by atoms with Crippen molar-refractivity contribution in [1.29, 1.82) is 0 Å². The molecule has 27 heavy (non-hydrogen) atoms. The zero-order valence-electron chi connectivity index (χ0n) is 15.3. The molecule has 0 aliphatic rings. The molecule has 1 aromatic carbocycles. The molecular formula is C20H19FN4O2. The van der Waals surface area contributed by atoms with E-state index in [1.807, 2.05) is 31.5 Å². The van der Waals surface area contributed by atoms with Crippen molar-refractivity contribution in [3.05, 3.63) is 71.1 Å². The van der Waals surface area contributed by atoms with Gasteiger partial charge < -0.3 is 14.3 Å². The van der Waals surface area contributed by atoms with Crippen LogP contribution in [-0.2, 0) is 13.6 Å². The Balaban J connectivity index is 1.71. The lowest BCUT2D eigenvalue weighted by atomic mass is 10.2. The van der Waals surface area contributed by atoms with Gasteiger partial charge in [-0.3, -0.25) is 9.48 Å². The van der Waals surface area contributed by atoms with Crippen molar-refractivity contribution >= 4 is 22.7 Å². The quantitative estimate of drug-likeness (QED) is 0.593. The van der Waals surface area contributed by atoms with Crippen molar-refractivity contribution in [3.8, 4) is 0 Å². The normalized spacial score (nSPS) is 11.3. The Morgan fingerprint density at radius 1 is 1.22 bits per heavy atom. The summed E-state index contributed by atoms with van der Waals surface area (Å²) < 4.78 is 22.3. The second-order valence-corrected chi connectivity index (χ2v) is 6.54. The minimum Gasteiger partial charge on any atom is -0.463 e. The van der Waals surface area contributed by atoms with Crippen molar-refractivity contribution in [2.24, 2.45) is 7.05 Å². The Morgan fingerprint density at radius 2 is 1.96 bits per heavy atom. The Morgan fingerprint density at radius 3 is 2.63 bits per heavy atom. The van der Waals surface area contributed by atoms with Crippen molar-refractivity contribution in [1.82, 2.24) is 14.3 Å². The van der Waals surface area contributed by atoms with Crippen LogP contribution in [0, 0.1) is 19.7 Å². The van der Waals surface area contributed by atoms with Gasteiger partial charge in [0.25, 0.3) is 5.91 Å². The first kappa shape index (κ1) is 17.1. The molecule has 0 radical (unpaired) electrons. The van der Waals surface area contributed by atoms with Gasteiger partial charge in [-0.15, -0.1) is 0 Å². The molecule has 0 aliphatic carbocycles. The number of hydrogen-bond acceptors (Lipinski definition) is 3. The highest BCUT2D eigenvalue weighted by molar-refractivity contribution is 6.06. The summed E-state index contributed by atoms with van der Waals surface area (Å²) in [5.74, 6) is -0.539. The average molecular weight is 366 g/mol. The predicted octanol–water partition coefficient (Wildman–Crippen LogP) is 4.02. The third-order valence-corrected chi connectivity index (χ3v) is 4.76. The smallest absolute Gasteiger partial charge is 0.272 e. The van der Waals surface area contributed by atoms with Gasteiger partial charge in [0, 0.05) is 25.7 Å². The lowest BCUT2D eigenvalue weighted by Gasteiger charge is -2.11. The zero-order valence-corrected chi connectivity index (χ0v) is 15.3. The molecule has 0 aliphatic heterocycles. The van der Waals surface area contributed by atoms with E-state index in [-0.39, 0.29) is 11.7 Å². The topological polar surface area (TPSA) is 65.0 Å². The van der Waals surface area contributed by atoms with E-state index in [9.17, 15) is 9.18 Å². The molecule has 0 saturated heterocycles. The Hall–Kier alpha value is -3.35. The van der Waals surface area contributed by atoms with Crippen LogP contribution in [0.3, 0.4) is 0 Å².